The lowest BCUT2D eigenvalue weighted by atomic mass is 9.84. The van der Waals surface area contributed by atoms with Crippen LogP contribution < -0.4 is 5.32 Å². The van der Waals surface area contributed by atoms with Crippen LogP contribution in [0.25, 0.3) is 16.3 Å². The van der Waals surface area contributed by atoms with Crippen LogP contribution in [0.15, 0.2) is 30.3 Å². The van der Waals surface area contributed by atoms with Crippen molar-refractivity contribution < 1.29 is 4.79 Å². The van der Waals surface area contributed by atoms with E-state index in [-0.39, 0.29) is 11.9 Å². The zero-order valence-corrected chi connectivity index (χ0v) is 14.2. The van der Waals surface area contributed by atoms with Crippen LogP contribution in [0.5, 0.6) is 0 Å². The predicted octanol–water partition coefficient (Wildman–Crippen LogP) is 4.25. The van der Waals surface area contributed by atoms with E-state index < -0.39 is 0 Å². The van der Waals surface area contributed by atoms with Gasteiger partial charge in [-0.05, 0) is 62.1 Å². The molecule has 1 amide bonds. The van der Waals surface area contributed by atoms with E-state index in [1.807, 2.05) is 24.3 Å². The van der Waals surface area contributed by atoms with Gasteiger partial charge in [0.25, 0.3) is 0 Å². The number of para-hydroxylation sites is 1. The van der Waals surface area contributed by atoms with Gasteiger partial charge in [-0.3, -0.25) is 4.79 Å². The molecule has 4 heteroatoms. The van der Waals surface area contributed by atoms with E-state index in [1.165, 1.54) is 25.7 Å². The van der Waals surface area contributed by atoms with Gasteiger partial charge in [-0.25, -0.2) is 4.98 Å². The van der Waals surface area contributed by atoms with Gasteiger partial charge in [-0.1, -0.05) is 18.6 Å². The highest BCUT2D eigenvalue weighted by Gasteiger charge is 2.41. The zero-order chi connectivity index (χ0) is 15.8. The largest absolute Gasteiger partial charge is 0.350 e. The van der Waals surface area contributed by atoms with E-state index >= 15 is 0 Å². The molecule has 1 aromatic heterocycles. The second-order valence-electron chi connectivity index (χ2n) is 6.99. The maximum absolute atomic E-state index is 12.2. The molecule has 4 rings (SSSR count). The van der Waals surface area contributed by atoms with Gasteiger partial charge < -0.3 is 5.32 Å². The molecule has 23 heavy (non-hydrogen) atoms. The van der Waals surface area contributed by atoms with Crippen molar-refractivity contribution in [2.24, 2.45) is 17.8 Å². The fourth-order valence-corrected chi connectivity index (χ4v) is 5.26. The highest BCUT2D eigenvalue weighted by molar-refractivity contribution is 7.19. The molecule has 2 aliphatic carbocycles. The number of rotatable bonds is 4. The van der Waals surface area contributed by atoms with Crippen LogP contribution in [-0.2, 0) is 4.79 Å². The number of aromatic nitrogens is 1. The smallest absolute Gasteiger partial charge is 0.244 e. The molecule has 4 unspecified atom stereocenters. The van der Waals surface area contributed by atoms with Crippen molar-refractivity contribution >= 4 is 33.5 Å². The normalized spacial score (nSPS) is 27.8. The molecule has 2 aromatic rings. The van der Waals surface area contributed by atoms with Gasteiger partial charge in [0.2, 0.25) is 5.91 Å². The molecule has 1 N–H and O–H groups in total. The molecule has 1 heterocycles. The van der Waals surface area contributed by atoms with Crippen molar-refractivity contribution in [2.45, 2.75) is 38.6 Å². The average Bonchev–Trinajstić information content (AvgIpc) is 3.26. The highest BCUT2D eigenvalue weighted by atomic mass is 32.1. The van der Waals surface area contributed by atoms with Crippen LogP contribution >= 0.6 is 11.3 Å². The summed E-state index contributed by atoms with van der Waals surface area (Å²) >= 11 is 1.62. The summed E-state index contributed by atoms with van der Waals surface area (Å²) in [5, 5.41) is 4.05. The Bertz CT molecular complexity index is 718. The SMILES string of the molecule is CC(NC(=O)/C=C/c1nc2ccccc2s1)C1CC2CCC1C2. The van der Waals surface area contributed by atoms with Crippen molar-refractivity contribution in [1.82, 2.24) is 10.3 Å². The zero-order valence-electron chi connectivity index (χ0n) is 13.4. The number of nitrogens with one attached hydrogen (secondary N) is 1. The first-order valence-corrected chi connectivity index (χ1v) is 9.35. The lowest BCUT2D eigenvalue weighted by molar-refractivity contribution is -0.117. The van der Waals surface area contributed by atoms with Gasteiger partial charge in [0.05, 0.1) is 10.2 Å². The monoisotopic (exact) mass is 326 g/mol. The summed E-state index contributed by atoms with van der Waals surface area (Å²) in [7, 11) is 0. The minimum atomic E-state index is -0.000436. The Morgan fingerprint density at radius 1 is 1.35 bits per heavy atom. The van der Waals surface area contributed by atoms with E-state index in [0.717, 1.165) is 27.1 Å². The lowest BCUT2D eigenvalue weighted by Crippen LogP contribution is -2.39. The summed E-state index contributed by atoms with van der Waals surface area (Å²) in [4.78, 5) is 16.7. The van der Waals surface area contributed by atoms with Crippen LogP contribution in [0.2, 0.25) is 0 Å². The number of amides is 1. The van der Waals surface area contributed by atoms with Gasteiger partial charge in [-0.15, -0.1) is 11.3 Å². The van der Waals surface area contributed by atoms with Crippen molar-refractivity contribution in [2.75, 3.05) is 0 Å². The summed E-state index contributed by atoms with van der Waals surface area (Å²) in [6.45, 7) is 2.16. The van der Waals surface area contributed by atoms with Crippen molar-refractivity contribution in [1.29, 1.82) is 0 Å². The summed E-state index contributed by atoms with van der Waals surface area (Å²) in [6.07, 6.45) is 8.89. The Kier molecular flexibility index (Phi) is 3.93. The Morgan fingerprint density at radius 2 is 2.22 bits per heavy atom. The Labute approximate surface area is 140 Å². The molecule has 2 saturated carbocycles. The van der Waals surface area contributed by atoms with Gasteiger partial charge in [0.1, 0.15) is 5.01 Å². The summed E-state index contributed by atoms with van der Waals surface area (Å²) in [6, 6.07) is 8.33. The molecule has 2 aliphatic rings. The van der Waals surface area contributed by atoms with E-state index in [9.17, 15) is 4.79 Å². The molecule has 0 aliphatic heterocycles. The molecule has 3 nitrogen and oxygen atoms in total. The Balaban J connectivity index is 1.37. The Hall–Kier alpha value is -1.68. The molecule has 2 bridgehead atoms. The van der Waals surface area contributed by atoms with Gasteiger partial charge in [0, 0.05) is 12.1 Å². The van der Waals surface area contributed by atoms with Crippen molar-refractivity contribution in [3.05, 3.63) is 35.3 Å². The second kappa shape index (κ2) is 6.08. The fourth-order valence-electron chi connectivity index (χ4n) is 4.39. The first-order valence-electron chi connectivity index (χ1n) is 8.53. The minimum absolute atomic E-state index is 0.000436. The maximum atomic E-state index is 12.2. The lowest BCUT2D eigenvalue weighted by Gasteiger charge is -2.28. The number of hydrogen-bond acceptors (Lipinski definition) is 3. The number of hydrogen-bond donors (Lipinski definition) is 1. The standard InChI is InChI=1S/C19H22N2OS/c1-12(15-11-13-6-7-14(15)10-13)20-18(22)8-9-19-21-16-4-2-3-5-17(16)23-19/h2-5,8-9,12-15H,6-7,10-11H2,1H3,(H,20,22)/b9-8+. The Morgan fingerprint density at radius 3 is 2.96 bits per heavy atom. The second-order valence-corrected chi connectivity index (χ2v) is 8.05. The number of fused-ring (bicyclic) bond motifs is 3. The molecule has 4 atom stereocenters. The first kappa shape index (κ1) is 14.9. The topological polar surface area (TPSA) is 42.0 Å². The number of benzene rings is 1. The van der Waals surface area contributed by atoms with Gasteiger partial charge in [0.15, 0.2) is 0 Å². The molecule has 120 valence electrons. The van der Waals surface area contributed by atoms with E-state index in [2.05, 4.69) is 23.3 Å². The quantitative estimate of drug-likeness (QED) is 0.853. The number of thiazole rings is 1. The predicted molar refractivity (Wildman–Crippen MR) is 95.2 cm³/mol. The fraction of sp³-hybridized carbons (Fsp3) is 0.474. The summed E-state index contributed by atoms with van der Waals surface area (Å²) in [5.74, 6) is 2.43. The van der Waals surface area contributed by atoms with E-state index in [4.69, 9.17) is 0 Å². The van der Waals surface area contributed by atoms with Crippen LogP contribution in [-0.4, -0.2) is 16.9 Å². The van der Waals surface area contributed by atoms with Crippen LogP contribution in [0.3, 0.4) is 0 Å². The summed E-state index contributed by atoms with van der Waals surface area (Å²) in [5.41, 5.74) is 0.993. The third-order valence-corrected chi connectivity index (χ3v) is 6.49. The number of carbonyl (C=O) groups excluding carboxylic acids is 1. The van der Waals surface area contributed by atoms with E-state index in [0.29, 0.717) is 5.92 Å². The van der Waals surface area contributed by atoms with Crippen molar-refractivity contribution in [3.8, 4) is 0 Å². The maximum Gasteiger partial charge on any atom is 0.244 e. The van der Waals surface area contributed by atoms with Gasteiger partial charge >= 0.3 is 0 Å². The first-order chi connectivity index (χ1) is 11.2. The van der Waals surface area contributed by atoms with E-state index in [1.54, 1.807) is 17.4 Å². The molecule has 0 spiro atoms. The average molecular weight is 326 g/mol. The third kappa shape index (κ3) is 3.05. The van der Waals surface area contributed by atoms with Crippen LogP contribution in [0.1, 0.15) is 37.6 Å². The number of nitrogens with zero attached hydrogens (tertiary/aromatic N) is 1. The molecular weight excluding hydrogens is 304 g/mol. The molecular formula is C19H22N2OS. The summed E-state index contributed by atoms with van der Waals surface area (Å²) < 4.78 is 1.16. The molecule has 0 radical (unpaired) electrons. The highest BCUT2D eigenvalue weighted by Crippen LogP contribution is 2.49. The molecule has 2 fully saturated rings. The third-order valence-electron chi connectivity index (χ3n) is 5.49. The van der Waals surface area contributed by atoms with Crippen LogP contribution in [0, 0.1) is 17.8 Å². The van der Waals surface area contributed by atoms with Gasteiger partial charge in [-0.2, -0.15) is 0 Å². The minimum Gasteiger partial charge on any atom is -0.350 e. The molecule has 0 saturated heterocycles. The number of carbonyl (C=O) groups is 1. The van der Waals surface area contributed by atoms with Crippen LogP contribution in [0.4, 0.5) is 0 Å². The van der Waals surface area contributed by atoms with Crippen molar-refractivity contribution in [3.63, 3.8) is 0 Å². The molecule has 1 aromatic carbocycles.